The number of carbonyl (C=O) groups excluding carboxylic acids is 1. The van der Waals surface area contributed by atoms with Gasteiger partial charge in [-0.1, -0.05) is 30.3 Å². The van der Waals surface area contributed by atoms with Gasteiger partial charge >= 0.3 is 11.6 Å². The normalized spacial score (nSPS) is 10.7. The molecule has 1 aromatic heterocycles. The van der Waals surface area contributed by atoms with Crippen molar-refractivity contribution in [2.24, 2.45) is 0 Å². The minimum atomic E-state index is -0.444. The summed E-state index contributed by atoms with van der Waals surface area (Å²) >= 11 is 0. The topological polar surface area (TPSA) is 65.7 Å². The molecule has 3 aromatic rings. The largest absolute Gasteiger partial charge is 0.481 e. The molecule has 0 bridgehead atoms. The van der Waals surface area contributed by atoms with Gasteiger partial charge in [-0.2, -0.15) is 0 Å². The molecule has 26 heavy (non-hydrogen) atoms. The van der Waals surface area contributed by atoms with E-state index in [2.05, 4.69) is 0 Å². The zero-order valence-corrected chi connectivity index (χ0v) is 15.0. The molecule has 0 radical (unpaired) electrons. The van der Waals surface area contributed by atoms with E-state index in [0.29, 0.717) is 28.9 Å². The number of hydrogen-bond donors (Lipinski definition) is 0. The quantitative estimate of drug-likeness (QED) is 0.512. The van der Waals surface area contributed by atoms with Crippen molar-refractivity contribution in [3.05, 3.63) is 64.0 Å². The molecule has 1 heterocycles. The highest BCUT2D eigenvalue weighted by atomic mass is 16.6. The van der Waals surface area contributed by atoms with E-state index >= 15 is 0 Å². The molecule has 2 aromatic carbocycles. The molecule has 0 atom stereocenters. The van der Waals surface area contributed by atoms with Crippen molar-refractivity contribution in [3.8, 4) is 16.9 Å². The average Bonchev–Trinajstić information content (AvgIpc) is 2.60. The molecule has 0 aliphatic rings. The Morgan fingerprint density at radius 2 is 1.85 bits per heavy atom. The summed E-state index contributed by atoms with van der Waals surface area (Å²) < 4.78 is 16.2. The van der Waals surface area contributed by atoms with Crippen molar-refractivity contribution in [3.63, 3.8) is 0 Å². The second-order valence-electron chi connectivity index (χ2n) is 5.99. The molecule has 0 spiro atoms. The highest BCUT2D eigenvalue weighted by molar-refractivity contribution is 5.92. The van der Waals surface area contributed by atoms with E-state index in [1.807, 2.05) is 50.2 Å². The van der Waals surface area contributed by atoms with Crippen LogP contribution in [-0.4, -0.2) is 19.2 Å². The summed E-state index contributed by atoms with van der Waals surface area (Å²) in [5.41, 5.74) is 2.92. The van der Waals surface area contributed by atoms with Crippen molar-refractivity contribution >= 4 is 16.9 Å². The molecular weight excluding hydrogens is 332 g/mol. The Balaban J connectivity index is 2.16. The number of benzene rings is 2. The number of aryl methyl sites for hydroxylation is 2. The van der Waals surface area contributed by atoms with E-state index in [0.717, 1.165) is 16.7 Å². The van der Waals surface area contributed by atoms with Gasteiger partial charge in [0.2, 0.25) is 0 Å². The Labute approximate surface area is 151 Å². The molecule has 0 N–H and O–H groups in total. The third kappa shape index (κ3) is 3.47. The number of esters is 1. The Hall–Kier alpha value is -3.08. The predicted octanol–water partition coefficient (Wildman–Crippen LogP) is 4.02. The minimum Gasteiger partial charge on any atom is -0.481 e. The average molecular weight is 352 g/mol. The van der Waals surface area contributed by atoms with E-state index < -0.39 is 11.6 Å². The van der Waals surface area contributed by atoms with E-state index in [4.69, 9.17) is 13.9 Å². The van der Waals surface area contributed by atoms with Gasteiger partial charge < -0.3 is 13.9 Å². The van der Waals surface area contributed by atoms with Crippen LogP contribution in [0.25, 0.3) is 22.1 Å². The fraction of sp³-hybridized carbons (Fsp3) is 0.238. The zero-order valence-electron chi connectivity index (χ0n) is 15.0. The van der Waals surface area contributed by atoms with Crippen molar-refractivity contribution < 1.29 is 18.7 Å². The van der Waals surface area contributed by atoms with Gasteiger partial charge in [0.25, 0.3) is 0 Å². The van der Waals surface area contributed by atoms with E-state index in [9.17, 15) is 9.59 Å². The molecule has 5 nitrogen and oxygen atoms in total. The lowest BCUT2D eigenvalue weighted by Gasteiger charge is -2.13. The third-order valence-electron chi connectivity index (χ3n) is 4.08. The van der Waals surface area contributed by atoms with Crippen LogP contribution in [-0.2, 0) is 9.53 Å². The van der Waals surface area contributed by atoms with Gasteiger partial charge in [-0.05, 0) is 49.6 Å². The maximum absolute atomic E-state index is 12.5. The lowest BCUT2D eigenvalue weighted by Crippen LogP contribution is -2.15. The molecule has 0 saturated carbocycles. The lowest BCUT2D eigenvalue weighted by molar-refractivity contribution is -0.145. The molecular formula is C21H20O5. The fourth-order valence-electron chi connectivity index (χ4n) is 2.99. The first-order chi connectivity index (χ1) is 12.5. The molecule has 0 unspecified atom stereocenters. The number of carbonyl (C=O) groups is 1. The number of hydrogen-bond acceptors (Lipinski definition) is 5. The summed E-state index contributed by atoms with van der Waals surface area (Å²) in [5.74, 6) is 0.0481. The molecule has 0 aliphatic carbocycles. The van der Waals surface area contributed by atoms with Gasteiger partial charge in [-0.3, -0.25) is 0 Å². The van der Waals surface area contributed by atoms with Gasteiger partial charge in [0.15, 0.2) is 6.61 Å². The van der Waals surface area contributed by atoms with Crippen molar-refractivity contribution in [1.29, 1.82) is 0 Å². The van der Waals surface area contributed by atoms with Crippen LogP contribution in [0.3, 0.4) is 0 Å². The summed E-state index contributed by atoms with van der Waals surface area (Å²) in [4.78, 5) is 24.2. The fourth-order valence-corrected chi connectivity index (χ4v) is 2.99. The van der Waals surface area contributed by atoms with Crippen LogP contribution in [0.15, 0.2) is 51.7 Å². The molecule has 0 aliphatic heterocycles. The van der Waals surface area contributed by atoms with Crippen LogP contribution in [0.1, 0.15) is 18.1 Å². The summed E-state index contributed by atoms with van der Waals surface area (Å²) in [6.45, 7) is 5.56. The maximum Gasteiger partial charge on any atom is 0.344 e. The smallest absolute Gasteiger partial charge is 0.344 e. The molecule has 0 amide bonds. The van der Waals surface area contributed by atoms with E-state index in [1.165, 1.54) is 0 Å². The van der Waals surface area contributed by atoms with Crippen LogP contribution >= 0.6 is 0 Å². The molecule has 0 saturated heterocycles. The number of rotatable bonds is 5. The Kier molecular flexibility index (Phi) is 5.07. The van der Waals surface area contributed by atoms with Crippen LogP contribution in [0.5, 0.6) is 5.75 Å². The van der Waals surface area contributed by atoms with Gasteiger partial charge in [-0.25, -0.2) is 9.59 Å². The zero-order chi connectivity index (χ0) is 18.7. The number of ether oxygens (including phenoxy) is 2. The Morgan fingerprint density at radius 3 is 2.54 bits per heavy atom. The highest BCUT2D eigenvalue weighted by Gasteiger charge is 2.18. The van der Waals surface area contributed by atoms with E-state index in [-0.39, 0.29) is 6.61 Å². The van der Waals surface area contributed by atoms with Crippen LogP contribution in [0.2, 0.25) is 0 Å². The Morgan fingerprint density at radius 1 is 1.12 bits per heavy atom. The summed E-state index contributed by atoms with van der Waals surface area (Å²) in [7, 11) is 0. The Bertz CT molecular complexity index is 1000. The summed E-state index contributed by atoms with van der Waals surface area (Å²) in [6.07, 6.45) is 0. The van der Waals surface area contributed by atoms with Crippen molar-refractivity contribution in [1.82, 2.24) is 0 Å². The first kappa shape index (κ1) is 17.7. The van der Waals surface area contributed by atoms with Gasteiger partial charge in [-0.15, -0.1) is 0 Å². The SMILES string of the molecule is CCOC(=O)COc1cc(C)cc2oc(=O)c(-c3ccccc3)c(C)c12. The second-order valence-corrected chi connectivity index (χ2v) is 5.99. The van der Waals surface area contributed by atoms with Gasteiger partial charge in [0, 0.05) is 0 Å². The molecule has 3 rings (SSSR count). The van der Waals surface area contributed by atoms with Crippen LogP contribution < -0.4 is 10.4 Å². The highest BCUT2D eigenvalue weighted by Crippen LogP contribution is 2.34. The van der Waals surface area contributed by atoms with E-state index in [1.54, 1.807) is 13.0 Å². The minimum absolute atomic E-state index is 0.203. The lowest BCUT2D eigenvalue weighted by atomic mass is 9.98. The summed E-state index contributed by atoms with van der Waals surface area (Å²) in [5, 5.41) is 0.679. The van der Waals surface area contributed by atoms with Crippen LogP contribution in [0.4, 0.5) is 0 Å². The van der Waals surface area contributed by atoms with Crippen LogP contribution in [0, 0.1) is 13.8 Å². The predicted molar refractivity (Wildman–Crippen MR) is 99.5 cm³/mol. The van der Waals surface area contributed by atoms with Crippen molar-refractivity contribution in [2.45, 2.75) is 20.8 Å². The van der Waals surface area contributed by atoms with Gasteiger partial charge in [0.1, 0.15) is 11.3 Å². The monoisotopic (exact) mass is 352 g/mol. The van der Waals surface area contributed by atoms with Crippen molar-refractivity contribution in [2.75, 3.05) is 13.2 Å². The maximum atomic E-state index is 12.5. The van der Waals surface area contributed by atoms with Gasteiger partial charge in [0.05, 0.1) is 17.6 Å². The second kappa shape index (κ2) is 7.44. The summed E-state index contributed by atoms with van der Waals surface area (Å²) in [6, 6.07) is 13.0. The molecule has 134 valence electrons. The standard InChI is InChI=1S/C21H20O5/c1-4-24-18(22)12-25-16-10-13(2)11-17-20(16)14(3)19(21(23)26-17)15-8-6-5-7-9-15/h5-11H,4,12H2,1-3H3. The molecule has 0 fully saturated rings. The number of fused-ring (bicyclic) bond motifs is 1. The first-order valence-corrected chi connectivity index (χ1v) is 8.43. The molecule has 5 heteroatoms. The first-order valence-electron chi connectivity index (χ1n) is 8.43. The third-order valence-corrected chi connectivity index (χ3v) is 4.08.